The SMILES string of the molecule is CCOC(=O)NC(=O)CSc1ccc(C(=O)O)cc1. The van der Waals surface area contributed by atoms with E-state index in [-0.39, 0.29) is 17.9 Å². The maximum atomic E-state index is 11.3. The molecule has 19 heavy (non-hydrogen) atoms. The second-order valence-electron chi connectivity index (χ2n) is 3.39. The average molecular weight is 283 g/mol. The van der Waals surface area contributed by atoms with Crippen molar-refractivity contribution in [2.45, 2.75) is 11.8 Å². The van der Waals surface area contributed by atoms with Gasteiger partial charge in [-0.05, 0) is 31.2 Å². The number of hydrogen-bond acceptors (Lipinski definition) is 5. The summed E-state index contributed by atoms with van der Waals surface area (Å²) in [5.74, 6) is -1.42. The van der Waals surface area contributed by atoms with Crippen LogP contribution in [0.3, 0.4) is 0 Å². The number of thioether (sulfide) groups is 1. The van der Waals surface area contributed by atoms with Crippen LogP contribution < -0.4 is 5.32 Å². The molecule has 0 aliphatic heterocycles. The average Bonchev–Trinajstić information content (AvgIpc) is 2.37. The van der Waals surface area contributed by atoms with Crippen LogP contribution in [0, 0.1) is 0 Å². The second kappa shape index (κ2) is 7.42. The monoisotopic (exact) mass is 283 g/mol. The van der Waals surface area contributed by atoms with Crippen molar-refractivity contribution in [1.29, 1.82) is 0 Å². The summed E-state index contributed by atoms with van der Waals surface area (Å²) in [7, 11) is 0. The molecule has 2 amide bonds. The van der Waals surface area contributed by atoms with Crippen molar-refractivity contribution < 1.29 is 24.2 Å². The van der Waals surface area contributed by atoms with Crippen LogP contribution in [-0.4, -0.2) is 35.4 Å². The van der Waals surface area contributed by atoms with Gasteiger partial charge in [0.15, 0.2) is 0 Å². The van der Waals surface area contributed by atoms with Crippen molar-refractivity contribution in [3.8, 4) is 0 Å². The zero-order valence-electron chi connectivity index (χ0n) is 10.2. The van der Waals surface area contributed by atoms with Crippen LogP contribution in [0.4, 0.5) is 4.79 Å². The number of carboxylic acids is 1. The van der Waals surface area contributed by atoms with Gasteiger partial charge in [-0.1, -0.05) is 0 Å². The zero-order chi connectivity index (χ0) is 14.3. The zero-order valence-corrected chi connectivity index (χ0v) is 11.0. The summed E-state index contributed by atoms with van der Waals surface area (Å²) in [6.45, 7) is 1.84. The molecule has 0 saturated heterocycles. The molecule has 0 bridgehead atoms. The van der Waals surface area contributed by atoms with Gasteiger partial charge >= 0.3 is 12.1 Å². The molecule has 0 unspecified atom stereocenters. The number of nitrogens with one attached hydrogen (secondary N) is 1. The van der Waals surface area contributed by atoms with Gasteiger partial charge in [-0.25, -0.2) is 9.59 Å². The lowest BCUT2D eigenvalue weighted by atomic mass is 10.2. The van der Waals surface area contributed by atoms with Gasteiger partial charge in [-0.2, -0.15) is 0 Å². The lowest BCUT2D eigenvalue weighted by Gasteiger charge is -2.04. The molecule has 1 aromatic carbocycles. The van der Waals surface area contributed by atoms with E-state index >= 15 is 0 Å². The maximum Gasteiger partial charge on any atom is 0.413 e. The molecule has 6 nitrogen and oxygen atoms in total. The molecule has 2 N–H and O–H groups in total. The Labute approximate surface area is 114 Å². The standard InChI is InChI=1S/C12H13NO5S/c1-2-18-12(17)13-10(14)7-19-9-5-3-8(4-6-9)11(15)16/h3-6H,2,7H2,1H3,(H,15,16)(H,13,14,17). The van der Waals surface area contributed by atoms with Crippen LogP contribution in [0.25, 0.3) is 0 Å². The Bertz CT molecular complexity index is 472. The van der Waals surface area contributed by atoms with Gasteiger partial charge in [-0.3, -0.25) is 10.1 Å². The minimum Gasteiger partial charge on any atom is -0.478 e. The molecule has 0 saturated carbocycles. The number of imide groups is 1. The van der Waals surface area contributed by atoms with Gasteiger partial charge in [0.1, 0.15) is 0 Å². The molecule has 0 fully saturated rings. The first-order valence-electron chi connectivity index (χ1n) is 5.45. The van der Waals surface area contributed by atoms with Crippen LogP contribution in [0.15, 0.2) is 29.2 Å². The Balaban J connectivity index is 2.42. The number of ether oxygens (including phenoxy) is 1. The molecular formula is C12H13NO5S. The number of aromatic carboxylic acids is 1. The number of amides is 2. The number of rotatable bonds is 5. The highest BCUT2D eigenvalue weighted by Crippen LogP contribution is 2.18. The van der Waals surface area contributed by atoms with Crippen molar-refractivity contribution >= 4 is 29.7 Å². The lowest BCUT2D eigenvalue weighted by Crippen LogP contribution is -2.32. The molecule has 102 valence electrons. The largest absolute Gasteiger partial charge is 0.478 e. The van der Waals surface area contributed by atoms with E-state index in [1.807, 2.05) is 0 Å². The van der Waals surface area contributed by atoms with Crippen LogP contribution >= 0.6 is 11.8 Å². The van der Waals surface area contributed by atoms with Crippen molar-refractivity contribution in [3.05, 3.63) is 29.8 Å². The van der Waals surface area contributed by atoms with Crippen LogP contribution in [0.1, 0.15) is 17.3 Å². The van der Waals surface area contributed by atoms with E-state index in [2.05, 4.69) is 10.1 Å². The fourth-order valence-corrected chi connectivity index (χ4v) is 1.86. The Hall–Kier alpha value is -2.02. The molecule has 0 aliphatic rings. The third-order valence-corrected chi connectivity index (χ3v) is 3.00. The topological polar surface area (TPSA) is 92.7 Å². The minimum absolute atomic E-state index is 0.0469. The lowest BCUT2D eigenvalue weighted by molar-refractivity contribution is -0.117. The summed E-state index contributed by atoms with van der Waals surface area (Å²) in [5.41, 5.74) is 0.181. The minimum atomic E-state index is -1.00. The van der Waals surface area contributed by atoms with Gasteiger partial charge in [0, 0.05) is 4.90 Å². The Morgan fingerprint density at radius 2 is 1.89 bits per heavy atom. The number of carboxylic acid groups (broad SMARTS) is 1. The van der Waals surface area contributed by atoms with Crippen LogP contribution in [0.2, 0.25) is 0 Å². The first-order valence-corrected chi connectivity index (χ1v) is 6.44. The van der Waals surface area contributed by atoms with Gasteiger partial charge in [0.2, 0.25) is 5.91 Å². The third-order valence-electron chi connectivity index (χ3n) is 1.99. The Morgan fingerprint density at radius 1 is 1.26 bits per heavy atom. The third kappa shape index (κ3) is 5.43. The molecule has 0 radical (unpaired) electrons. The normalized spacial score (nSPS) is 9.74. The summed E-state index contributed by atoms with van der Waals surface area (Å²) in [6, 6.07) is 6.11. The smallest absolute Gasteiger partial charge is 0.413 e. The quantitative estimate of drug-likeness (QED) is 0.800. The van der Waals surface area contributed by atoms with E-state index in [0.717, 1.165) is 4.90 Å². The summed E-state index contributed by atoms with van der Waals surface area (Å²) < 4.78 is 4.56. The highest BCUT2D eigenvalue weighted by atomic mass is 32.2. The molecule has 0 heterocycles. The summed E-state index contributed by atoms with van der Waals surface area (Å²) in [6.07, 6.45) is -0.769. The van der Waals surface area contributed by atoms with Crippen molar-refractivity contribution in [1.82, 2.24) is 5.32 Å². The number of alkyl carbamates (subject to hydrolysis) is 1. The molecule has 0 aromatic heterocycles. The molecule has 0 aliphatic carbocycles. The van der Waals surface area contributed by atoms with E-state index in [9.17, 15) is 14.4 Å². The van der Waals surface area contributed by atoms with Gasteiger partial charge in [-0.15, -0.1) is 11.8 Å². The van der Waals surface area contributed by atoms with Gasteiger partial charge in [0.05, 0.1) is 17.9 Å². The van der Waals surface area contributed by atoms with E-state index in [1.165, 1.54) is 23.9 Å². The second-order valence-corrected chi connectivity index (χ2v) is 4.44. The van der Waals surface area contributed by atoms with Gasteiger partial charge in [0.25, 0.3) is 0 Å². The first kappa shape index (κ1) is 15.0. The highest BCUT2D eigenvalue weighted by Gasteiger charge is 2.09. The van der Waals surface area contributed by atoms with Crippen molar-refractivity contribution in [2.24, 2.45) is 0 Å². The summed E-state index contributed by atoms with van der Waals surface area (Å²) >= 11 is 1.20. The summed E-state index contributed by atoms with van der Waals surface area (Å²) in [4.78, 5) is 33.7. The number of hydrogen-bond donors (Lipinski definition) is 2. The molecule has 0 spiro atoms. The first-order chi connectivity index (χ1) is 9.02. The van der Waals surface area contributed by atoms with Crippen LogP contribution in [-0.2, 0) is 9.53 Å². The predicted octanol–water partition coefficient (Wildman–Crippen LogP) is 1.75. The molecule has 7 heteroatoms. The molecule has 1 rings (SSSR count). The van der Waals surface area contributed by atoms with E-state index in [1.54, 1.807) is 19.1 Å². The Morgan fingerprint density at radius 3 is 2.42 bits per heavy atom. The van der Waals surface area contributed by atoms with E-state index < -0.39 is 18.0 Å². The van der Waals surface area contributed by atoms with Crippen molar-refractivity contribution in [3.63, 3.8) is 0 Å². The summed E-state index contributed by atoms with van der Waals surface area (Å²) in [5, 5.41) is 10.8. The highest BCUT2D eigenvalue weighted by molar-refractivity contribution is 8.00. The maximum absolute atomic E-state index is 11.3. The van der Waals surface area contributed by atoms with E-state index in [0.29, 0.717) is 0 Å². The number of carbonyl (C=O) groups is 3. The molecule has 0 atom stereocenters. The van der Waals surface area contributed by atoms with Gasteiger partial charge < -0.3 is 9.84 Å². The predicted molar refractivity (Wildman–Crippen MR) is 69.3 cm³/mol. The fourth-order valence-electron chi connectivity index (χ4n) is 1.16. The molecular weight excluding hydrogens is 270 g/mol. The number of benzene rings is 1. The van der Waals surface area contributed by atoms with Crippen LogP contribution in [0.5, 0.6) is 0 Å². The Kier molecular flexibility index (Phi) is 5.87. The number of carbonyl (C=O) groups excluding carboxylic acids is 2. The molecule has 1 aromatic rings. The van der Waals surface area contributed by atoms with E-state index in [4.69, 9.17) is 5.11 Å². The fraction of sp³-hybridized carbons (Fsp3) is 0.250. The van der Waals surface area contributed by atoms with Crippen molar-refractivity contribution in [2.75, 3.05) is 12.4 Å².